The number of rotatable bonds is 8. The zero-order valence-electron chi connectivity index (χ0n) is 16.4. The first-order valence-corrected chi connectivity index (χ1v) is 10.1. The van der Waals surface area contributed by atoms with Crippen molar-refractivity contribution >= 4 is 27.4 Å². The van der Waals surface area contributed by atoms with Gasteiger partial charge in [0.15, 0.2) is 0 Å². The number of ether oxygens (including phenoxy) is 2. The van der Waals surface area contributed by atoms with Crippen LogP contribution in [0.25, 0.3) is 16.6 Å². The summed E-state index contributed by atoms with van der Waals surface area (Å²) in [5, 5.41) is 4.87. The Morgan fingerprint density at radius 3 is 2.75 bits per heavy atom. The highest BCUT2D eigenvalue weighted by atomic mass is 79.9. The zero-order chi connectivity index (χ0) is 20.1. The van der Waals surface area contributed by atoms with Gasteiger partial charge in [-0.25, -0.2) is 4.52 Å². The molecule has 0 aromatic carbocycles. The van der Waals surface area contributed by atoms with Crippen molar-refractivity contribution in [3.05, 3.63) is 52.0 Å². The number of carbonyl (C=O) groups excluding carboxylic acids is 1. The van der Waals surface area contributed by atoms with Gasteiger partial charge in [-0.15, -0.1) is 0 Å². The standard InChI is InChI=1S/C21H24BrN3O3/c1-4-16-8-9-19-21(14-10-15(22)12-23-11-14)17(6-5-7-20(26)28-3)18(13-27-2)24-25(16)19/h8-12H,4-7,13H2,1-3H3. The quantitative estimate of drug-likeness (QED) is 0.481. The maximum Gasteiger partial charge on any atom is 0.305 e. The molecule has 3 aromatic rings. The van der Waals surface area contributed by atoms with E-state index in [1.807, 2.05) is 10.7 Å². The van der Waals surface area contributed by atoms with Crippen LogP contribution in [0.2, 0.25) is 0 Å². The fraction of sp³-hybridized carbons (Fsp3) is 0.381. The number of aryl methyl sites for hydroxylation is 1. The van der Waals surface area contributed by atoms with E-state index in [1.54, 1.807) is 13.3 Å². The van der Waals surface area contributed by atoms with Crippen LogP contribution in [0.5, 0.6) is 0 Å². The van der Waals surface area contributed by atoms with E-state index in [4.69, 9.17) is 14.6 Å². The van der Waals surface area contributed by atoms with Gasteiger partial charge in [-0.1, -0.05) is 6.92 Å². The van der Waals surface area contributed by atoms with Crippen LogP contribution in [-0.4, -0.2) is 34.8 Å². The lowest BCUT2D eigenvalue weighted by molar-refractivity contribution is -0.140. The van der Waals surface area contributed by atoms with Crippen LogP contribution >= 0.6 is 15.9 Å². The van der Waals surface area contributed by atoms with Gasteiger partial charge in [0.1, 0.15) is 0 Å². The summed E-state index contributed by atoms with van der Waals surface area (Å²) < 4.78 is 13.1. The number of pyridine rings is 1. The summed E-state index contributed by atoms with van der Waals surface area (Å²) in [5.74, 6) is -0.205. The smallest absolute Gasteiger partial charge is 0.305 e. The average Bonchev–Trinajstić information content (AvgIpc) is 3.10. The molecule has 0 atom stereocenters. The number of hydrogen-bond donors (Lipinski definition) is 0. The first-order valence-electron chi connectivity index (χ1n) is 9.28. The Kier molecular flexibility index (Phi) is 6.80. The predicted octanol–water partition coefficient (Wildman–Crippen LogP) is 4.36. The van der Waals surface area contributed by atoms with Crippen LogP contribution in [0.4, 0.5) is 0 Å². The Hall–Kier alpha value is -2.25. The summed E-state index contributed by atoms with van der Waals surface area (Å²) in [6.45, 7) is 2.52. The SMILES string of the molecule is CCc1ccc2c(-c3cncc(Br)c3)c(CCCC(=O)OC)c(COC)nn12. The van der Waals surface area contributed by atoms with Gasteiger partial charge >= 0.3 is 5.97 Å². The molecule has 0 saturated heterocycles. The van der Waals surface area contributed by atoms with Crippen molar-refractivity contribution in [3.8, 4) is 11.1 Å². The third kappa shape index (κ3) is 4.25. The van der Waals surface area contributed by atoms with Gasteiger partial charge in [0.2, 0.25) is 0 Å². The zero-order valence-corrected chi connectivity index (χ0v) is 18.0. The maximum atomic E-state index is 11.6. The molecular weight excluding hydrogens is 422 g/mol. The molecule has 0 amide bonds. The molecule has 148 valence electrons. The highest BCUT2D eigenvalue weighted by molar-refractivity contribution is 9.10. The van der Waals surface area contributed by atoms with E-state index in [9.17, 15) is 4.79 Å². The Balaban J connectivity index is 2.19. The van der Waals surface area contributed by atoms with Crippen LogP contribution in [0, 0.1) is 0 Å². The van der Waals surface area contributed by atoms with Crippen LogP contribution in [0.3, 0.4) is 0 Å². The third-order valence-corrected chi connectivity index (χ3v) is 5.17. The predicted molar refractivity (Wildman–Crippen MR) is 111 cm³/mol. The molecule has 0 N–H and O–H groups in total. The van der Waals surface area contributed by atoms with Crippen molar-refractivity contribution < 1.29 is 14.3 Å². The van der Waals surface area contributed by atoms with Gasteiger partial charge in [0, 0.05) is 47.2 Å². The molecule has 3 heterocycles. The highest BCUT2D eigenvalue weighted by Crippen LogP contribution is 2.33. The van der Waals surface area contributed by atoms with Crippen LogP contribution in [0.1, 0.15) is 36.7 Å². The van der Waals surface area contributed by atoms with Crippen LogP contribution in [0.15, 0.2) is 35.1 Å². The normalized spacial score (nSPS) is 11.1. The second-order valence-electron chi connectivity index (χ2n) is 6.53. The Morgan fingerprint density at radius 2 is 2.07 bits per heavy atom. The van der Waals surface area contributed by atoms with Crippen molar-refractivity contribution in [1.29, 1.82) is 0 Å². The van der Waals surface area contributed by atoms with Crippen LogP contribution < -0.4 is 0 Å². The van der Waals surface area contributed by atoms with Crippen molar-refractivity contribution in [2.75, 3.05) is 14.2 Å². The maximum absolute atomic E-state index is 11.6. The van der Waals surface area contributed by atoms with E-state index in [0.717, 1.165) is 44.5 Å². The molecule has 0 fully saturated rings. The summed E-state index contributed by atoms with van der Waals surface area (Å²) in [6.07, 6.45) is 6.25. The average molecular weight is 446 g/mol. The first kappa shape index (κ1) is 20.5. The molecule has 0 aliphatic heterocycles. The summed E-state index contributed by atoms with van der Waals surface area (Å²) in [5.41, 5.74) is 6.22. The molecule has 0 aliphatic rings. The molecule has 3 aromatic heterocycles. The molecule has 7 heteroatoms. The van der Waals surface area contributed by atoms with E-state index >= 15 is 0 Å². The van der Waals surface area contributed by atoms with Crippen molar-refractivity contribution in [2.24, 2.45) is 0 Å². The third-order valence-electron chi connectivity index (χ3n) is 4.73. The lowest BCUT2D eigenvalue weighted by Gasteiger charge is -2.17. The second kappa shape index (κ2) is 9.30. The van der Waals surface area contributed by atoms with E-state index in [0.29, 0.717) is 25.9 Å². The largest absolute Gasteiger partial charge is 0.469 e. The number of hydrogen-bond acceptors (Lipinski definition) is 5. The summed E-state index contributed by atoms with van der Waals surface area (Å²) in [6, 6.07) is 6.26. The minimum atomic E-state index is -0.205. The fourth-order valence-electron chi connectivity index (χ4n) is 3.43. The molecule has 0 unspecified atom stereocenters. The molecule has 28 heavy (non-hydrogen) atoms. The number of aromatic nitrogens is 3. The van der Waals surface area contributed by atoms with Crippen molar-refractivity contribution in [1.82, 2.24) is 14.6 Å². The molecule has 0 aliphatic carbocycles. The molecule has 0 saturated carbocycles. The van der Waals surface area contributed by atoms with E-state index in [-0.39, 0.29) is 5.97 Å². The number of methoxy groups -OCH3 is 2. The minimum absolute atomic E-state index is 0.205. The number of halogens is 1. The van der Waals surface area contributed by atoms with Crippen molar-refractivity contribution in [2.45, 2.75) is 39.2 Å². The molecule has 0 spiro atoms. The molecular formula is C21H24BrN3O3. The van der Waals surface area contributed by atoms with Crippen LogP contribution in [-0.2, 0) is 33.7 Å². The number of carbonyl (C=O) groups is 1. The first-order chi connectivity index (χ1) is 13.6. The number of esters is 1. The van der Waals surface area contributed by atoms with Gasteiger partial charge < -0.3 is 9.47 Å². The minimum Gasteiger partial charge on any atom is -0.469 e. The lowest BCUT2D eigenvalue weighted by Crippen LogP contribution is -2.10. The van der Waals surface area contributed by atoms with Gasteiger partial charge in [-0.05, 0) is 59.0 Å². The Labute approximate surface area is 173 Å². The highest BCUT2D eigenvalue weighted by Gasteiger charge is 2.19. The summed E-state index contributed by atoms with van der Waals surface area (Å²) in [4.78, 5) is 15.9. The monoisotopic (exact) mass is 445 g/mol. The van der Waals surface area contributed by atoms with Gasteiger partial charge in [0.05, 0.1) is 24.9 Å². The summed E-state index contributed by atoms with van der Waals surface area (Å²) >= 11 is 3.53. The lowest BCUT2D eigenvalue weighted by atomic mass is 9.95. The Morgan fingerprint density at radius 1 is 1.25 bits per heavy atom. The van der Waals surface area contributed by atoms with Gasteiger partial charge in [0.25, 0.3) is 0 Å². The second-order valence-corrected chi connectivity index (χ2v) is 7.45. The molecule has 3 rings (SSSR count). The topological polar surface area (TPSA) is 65.7 Å². The summed E-state index contributed by atoms with van der Waals surface area (Å²) in [7, 11) is 3.08. The van der Waals surface area contributed by atoms with Gasteiger partial charge in [-0.3, -0.25) is 9.78 Å². The fourth-order valence-corrected chi connectivity index (χ4v) is 3.80. The molecule has 0 radical (unpaired) electrons. The Bertz CT molecular complexity index is 984. The van der Waals surface area contributed by atoms with Gasteiger partial charge in [-0.2, -0.15) is 5.10 Å². The van der Waals surface area contributed by atoms with E-state index in [1.165, 1.54) is 7.11 Å². The van der Waals surface area contributed by atoms with E-state index < -0.39 is 0 Å². The number of nitrogens with zero attached hydrogens (tertiary/aromatic N) is 3. The molecule has 0 bridgehead atoms. The molecule has 6 nitrogen and oxygen atoms in total. The van der Waals surface area contributed by atoms with Crippen molar-refractivity contribution in [3.63, 3.8) is 0 Å². The number of fused-ring (bicyclic) bond motifs is 1. The van der Waals surface area contributed by atoms with E-state index in [2.05, 4.69) is 46.0 Å².